The Morgan fingerprint density at radius 3 is 2.76 bits per heavy atom. The zero-order valence-electron chi connectivity index (χ0n) is 18.5. The van der Waals surface area contributed by atoms with Crippen LogP contribution in [0.4, 0.5) is 0 Å². The first kappa shape index (κ1) is 21.1. The Labute approximate surface area is 202 Å². The number of H-pyrrole nitrogens is 1. The molecular formula is C27H24ClN3O3. The Morgan fingerprint density at radius 2 is 1.94 bits per heavy atom. The van der Waals surface area contributed by atoms with E-state index in [4.69, 9.17) is 16.3 Å². The van der Waals surface area contributed by atoms with Crippen LogP contribution in [0.3, 0.4) is 0 Å². The van der Waals surface area contributed by atoms with Crippen molar-refractivity contribution in [2.75, 3.05) is 13.1 Å². The molecule has 1 amide bonds. The van der Waals surface area contributed by atoms with Crippen LogP contribution in [0.15, 0.2) is 60.9 Å². The number of para-hydroxylation sites is 1. The van der Waals surface area contributed by atoms with Gasteiger partial charge in [-0.25, -0.2) is 4.98 Å². The first-order valence-corrected chi connectivity index (χ1v) is 11.9. The molecule has 1 atom stereocenters. The molecule has 4 heterocycles. The van der Waals surface area contributed by atoms with E-state index < -0.39 is 6.10 Å². The van der Waals surface area contributed by atoms with Gasteiger partial charge in [-0.15, -0.1) is 0 Å². The smallest absolute Gasteiger partial charge is 0.263 e. The number of rotatable bonds is 3. The number of pyridine rings is 1. The van der Waals surface area contributed by atoms with E-state index in [1.807, 2.05) is 53.6 Å². The zero-order valence-corrected chi connectivity index (χ0v) is 19.3. The van der Waals surface area contributed by atoms with E-state index in [1.165, 1.54) is 0 Å². The average Bonchev–Trinajstić information content (AvgIpc) is 3.50. The molecule has 0 radical (unpaired) electrons. The van der Waals surface area contributed by atoms with Gasteiger partial charge in [0.1, 0.15) is 17.1 Å². The van der Waals surface area contributed by atoms with Gasteiger partial charge in [0.2, 0.25) is 0 Å². The van der Waals surface area contributed by atoms with Gasteiger partial charge in [-0.3, -0.25) is 4.79 Å². The molecule has 0 unspecified atom stereocenters. The van der Waals surface area contributed by atoms with Gasteiger partial charge in [0.25, 0.3) is 5.91 Å². The number of likely N-dealkylation sites (tertiary alicyclic amines) is 1. The number of benzene rings is 2. The number of aromatic nitrogens is 2. The summed E-state index contributed by atoms with van der Waals surface area (Å²) in [5.41, 5.74) is 4.56. The summed E-state index contributed by atoms with van der Waals surface area (Å²) in [4.78, 5) is 22.8. The van der Waals surface area contributed by atoms with E-state index in [0.717, 1.165) is 51.9 Å². The molecule has 7 heteroatoms. The Morgan fingerprint density at radius 1 is 1.12 bits per heavy atom. The van der Waals surface area contributed by atoms with E-state index in [-0.39, 0.29) is 11.8 Å². The normalized spacial score (nSPS) is 18.1. The molecule has 2 aromatic carbocycles. The molecule has 0 saturated carbocycles. The van der Waals surface area contributed by atoms with Crippen LogP contribution < -0.4 is 4.74 Å². The second-order valence-corrected chi connectivity index (χ2v) is 9.45. The highest BCUT2D eigenvalue weighted by atomic mass is 35.5. The molecule has 34 heavy (non-hydrogen) atoms. The summed E-state index contributed by atoms with van der Waals surface area (Å²) >= 11 is 6.47. The van der Waals surface area contributed by atoms with Crippen LogP contribution in [0.2, 0.25) is 5.02 Å². The summed E-state index contributed by atoms with van der Waals surface area (Å²) in [6.07, 6.45) is 5.21. The number of ether oxygens (including phenoxy) is 1. The van der Waals surface area contributed by atoms with Crippen LogP contribution >= 0.6 is 11.6 Å². The van der Waals surface area contributed by atoms with E-state index in [2.05, 4.69) is 9.97 Å². The minimum Gasteiger partial charge on any atom is -0.508 e. The number of aromatic hydroxyl groups is 1. The molecule has 2 aliphatic heterocycles. The number of amides is 1. The molecule has 2 aromatic heterocycles. The molecule has 0 spiro atoms. The van der Waals surface area contributed by atoms with Crippen molar-refractivity contribution in [1.29, 1.82) is 0 Å². The summed E-state index contributed by atoms with van der Waals surface area (Å²) in [6, 6.07) is 15.2. The van der Waals surface area contributed by atoms with Gasteiger partial charge < -0.3 is 19.7 Å². The summed E-state index contributed by atoms with van der Waals surface area (Å²) < 4.78 is 6.30. The lowest BCUT2D eigenvalue weighted by Gasteiger charge is -2.33. The number of phenolic OH excluding ortho intramolecular Hbond substituents is 1. The Bertz CT molecular complexity index is 1390. The SMILES string of the molecule is O=C([C@H]1Cc2cc(Cl)cc(-c3ccnc4[nH]ccc34)c2O1)N1CCC(c2ccccc2O)CC1. The lowest BCUT2D eigenvalue weighted by atomic mass is 9.88. The van der Waals surface area contributed by atoms with Crippen LogP contribution in [-0.4, -0.2) is 45.1 Å². The largest absolute Gasteiger partial charge is 0.508 e. The van der Waals surface area contributed by atoms with Crippen molar-refractivity contribution in [3.05, 3.63) is 77.1 Å². The van der Waals surface area contributed by atoms with Gasteiger partial charge >= 0.3 is 0 Å². The minimum atomic E-state index is -0.558. The highest BCUT2D eigenvalue weighted by molar-refractivity contribution is 6.31. The van der Waals surface area contributed by atoms with Crippen molar-refractivity contribution >= 4 is 28.5 Å². The summed E-state index contributed by atoms with van der Waals surface area (Å²) in [5.74, 6) is 1.32. The lowest BCUT2D eigenvalue weighted by Crippen LogP contribution is -2.45. The van der Waals surface area contributed by atoms with Gasteiger partial charge in [-0.05, 0) is 60.2 Å². The van der Waals surface area contributed by atoms with Crippen molar-refractivity contribution < 1.29 is 14.6 Å². The van der Waals surface area contributed by atoms with Crippen LogP contribution in [0.5, 0.6) is 11.5 Å². The number of carbonyl (C=O) groups excluding carboxylic acids is 1. The third-order valence-electron chi connectivity index (χ3n) is 7.01. The molecule has 1 fully saturated rings. The van der Waals surface area contributed by atoms with Crippen LogP contribution in [0.1, 0.15) is 29.9 Å². The third-order valence-corrected chi connectivity index (χ3v) is 7.22. The van der Waals surface area contributed by atoms with Crippen molar-refractivity contribution in [2.24, 2.45) is 0 Å². The molecule has 172 valence electrons. The maximum absolute atomic E-state index is 13.4. The van der Waals surface area contributed by atoms with Crippen molar-refractivity contribution in [3.8, 4) is 22.6 Å². The number of aromatic amines is 1. The van der Waals surface area contributed by atoms with Crippen molar-refractivity contribution in [2.45, 2.75) is 31.3 Å². The number of halogens is 1. The number of carbonyl (C=O) groups is 1. The third kappa shape index (κ3) is 3.59. The fourth-order valence-corrected chi connectivity index (χ4v) is 5.55. The molecule has 2 aliphatic rings. The van der Waals surface area contributed by atoms with E-state index in [1.54, 1.807) is 12.3 Å². The number of phenols is 1. The highest BCUT2D eigenvalue weighted by Crippen LogP contribution is 2.43. The van der Waals surface area contributed by atoms with E-state index in [0.29, 0.717) is 30.3 Å². The highest BCUT2D eigenvalue weighted by Gasteiger charge is 2.36. The topological polar surface area (TPSA) is 78.5 Å². The van der Waals surface area contributed by atoms with Crippen LogP contribution in [0, 0.1) is 0 Å². The minimum absolute atomic E-state index is 0.00975. The molecule has 0 bridgehead atoms. The summed E-state index contributed by atoms with van der Waals surface area (Å²) in [6.45, 7) is 1.30. The lowest BCUT2D eigenvalue weighted by molar-refractivity contribution is -0.139. The summed E-state index contributed by atoms with van der Waals surface area (Å²) in [7, 11) is 0. The van der Waals surface area contributed by atoms with Crippen molar-refractivity contribution in [3.63, 3.8) is 0 Å². The number of hydrogen-bond donors (Lipinski definition) is 2. The summed E-state index contributed by atoms with van der Waals surface area (Å²) in [5, 5.41) is 11.8. The molecule has 6 nitrogen and oxygen atoms in total. The molecule has 2 N–H and O–H groups in total. The zero-order chi connectivity index (χ0) is 23.2. The predicted octanol–water partition coefficient (Wildman–Crippen LogP) is 5.30. The first-order chi connectivity index (χ1) is 16.6. The molecule has 6 rings (SSSR count). The van der Waals surface area contributed by atoms with Gasteiger partial charge in [-0.1, -0.05) is 29.8 Å². The monoisotopic (exact) mass is 473 g/mol. The van der Waals surface area contributed by atoms with Crippen molar-refractivity contribution in [1.82, 2.24) is 14.9 Å². The quantitative estimate of drug-likeness (QED) is 0.423. The van der Waals surface area contributed by atoms with Gasteiger partial charge in [-0.2, -0.15) is 0 Å². The number of hydrogen-bond acceptors (Lipinski definition) is 4. The Kier molecular flexibility index (Phi) is 5.18. The number of nitrogens with one attached hydrogen (secondary N) is 1. The maximum Gasteiger partial charge on any atom is 0.263 e. The second kappa shape index (κ2) is 8.37. The second-order valence-electron chi connectivity index (χ2n) is 9.01. The molecule has 4 aromatic rings. The van der Waals surface area contributed by atoms with Crippen LogP contribution in [0.25, 0.3) is 22.2 Å². The average molecular weight is 474 g/mol. The number of fused-ring (bicyclic) bond motifs is 2. The molecule has 0 aliphatic carbocycles. The fraction of sp³-hybridized carbons (Fsp3) is 0.259. The molecular weight excluding hydrogens is 450 g/mol. The van der Waals surface area contributed by atoms with E-state index in [9.17, 15) is 9.90 Å². The predicted molar refractivity (Wildman–Crippen MR) is 131 cm³/mol. The Hall–Kier alpha value is -3.51. The Balaban J connectivity index is 1.22. The fourth-order valence-electron chi connectivity index (χ4n) is 5.31. The van der Waals surface area contributed by atoms with Gasteiger partial charge in [0.15, 0.2) is 6.10 Å². The van der Waals surface area contributed by atoms with Gasteiger partial charge in [0.05, 0.1) is 0 Å². The first-order valence-electron chi connectivity index (χ1n) is 11.6. The standard InChI is InChI=1S/C27H24ClN3O3/c28-18-13-17-14-24(27(33)31-11-7-16(8-12-31)19-3-1-2-4-23(19)32)34-25(17)22(15-18)20-5-9-29-26-21(20)6-10-30-26/h1-6,9-10,13,15-16,24,32H,7-8,11-12,14H2,(H,29,30)/t24-/m1/s1. The maximum atomic E-state index is 13.4. The van der Waals surface area contributed by atoms with E-state index >= 15 is 0 Å². The number of piperidine rings is 1. The molecule has 1 saturated heterocycles. The van der Waals surface area contributed by atoms with Gasteiger partial charge in [0, 0.05) is 53.4 Å². The van der Waals surface area contributed by atoms with Crippen LogP contribution in [-0.2, 0) is 11.2 Å². The number of nitrogens with zero attached hydrogens (tertiary/aromatic N) is 2.